The second-order valence-corrected chi connectivity index (χ2v) is 11.6. The Hall–Kier alpha value is -1.78. The van der Waals surface area contributed by atoms with Crippen LogP contribution in [0.2, 0.25) is 5.02 Å². The predicted molar refractivity (Wildman–Crippen MR) is 114 cm³/mol. The highest BCUT2D eigenvalue weighted by Gasteiger charge is 2.49. The summed E-state index contributed by atoms with van der Waals surface area (Å²) in [6.07, 6.45) is -0.709. The summed E-state index contributed by atoms with van der Waals surface area (Å²) in [5, 5.41) is 3.05. The Morgan fingerprint density at radius 1 is 1.34 bits per heavy atom. The van der Waals surface area contributed by atoms with Crippen molar-refractivity contribution in [1.82, 2.24) is 5.32 Å². The Morgan fingerprint density at radius 2 is 2.07 bits per heavy atom. The highest BCUT2D eigenvalue weighted by atomic mass is 35.5. The minimum Gasteiger partial charge on any atom is -0.444 e. The molecule has 29 heavy (non-hydrogen) atoms. The number of fused-ring (bicyclic) bond motifs is 1. The molecule has 1 N–H and O–H groups in total. The average Bonchev–Trinajstić information content (AvgIpc) is 3.02. The number of rotatable bonds is 3. The first kappa shape index (κ1) is 21.9. The largest absolute Gasteiger partial charge is 0.444 e. The van der Waals surface area contributed by atoms with Crippen molar-refractivity contribution >= 4 is 56.1 Å². The van der Waals surface area contributed by atoms with Crippen LogP contribution in [-0.2, 0) is 19.4 Å². The lowest BCUT2D eigenvalue weighted by molar-refractivity contribution is -0.117. The number of hydrogen-bond donors (Lipinski definition) is 1. The van der Waals surface area contributed by atoms with Gasteiger partial charge in [-0.1, -0.05) is 29.4 Å². The highest BCUT2D eigenvalue weighted by molar-refractivity contribution is 8.16. The zero-order chi connectivity index (χ0) is 21.4. The number of amidine groups is 1. The molecule has 8 nitrogen and oxygen atoms in total. The Kier molecular flexibility index (Phi) is 6.16. The molecule has 0 bridgehead atoms. The van der Waals surface area contributed by atoms with Gasteiger partial charge in [-0.15, -0.1) is 0 Å². The molecule has 2 saturated heterocycles. The summed E-state index contributed by atoms with van der Waals surface area (Å²) in [4.78, 5) is 29.9. The Bertz CT molecular complexity index is 958. The van der Waals surface area contributed by atoms with E-state index in [0.29, 0.717) is 15.9 Å². The number of aliphatic imine (C=N–C) groups is 1. The fourth-order valence-corrected chi connectivity index (χ4v) is 7.22. The van der Waals surface area contributed by atoms with E-state index in [1.807, 2.05) is 0 Å². The molecule has 0 radical (unpaired) electrons. The van der Waals surface area contributed by atoms with Crippen molar-refractivity contribution in [3.8, 4) is 0 Å². The van der Waals surface area contributed by atoms with Gasteiger partial charge in [0.25, 0.3) is 5.91 Å². The maximum Gasteiger partial charge on any atom is 0.408 e. The minimum absolute atomic E-state index is 0.0133. The first-order chi connectivity index (χ1) is 13.4. The molecule has 0 aromatic heterocycles. The molecular formula is C18H22ClN3O5S2. The van der Waals surface area contributed by atoms with Gasteiger partial charge in [-0.25, -0.2) is 13.2 Å². The number of anilines is 1. The lowest BCUT2D eigenvalue weighted by Crippen LogP contribution is -2.38. The van der Waals surface area contributed by atoms with Crippen molar-refractivity contribution in [3.05, 3.63) is 29.3 Å². The van der Waals surface area contributed by atoms with Gasteiger partial charge in [0.1, 0.15) is 12.1 Å². The average molecular weight is 460 g/mol. The van der Waals surface area contributed by atoms with Crippen LogP contribution in [0.3, 0.4) is 0 Å². The van der Waals surface area contributed by atoms with Crippen LogP contribution in [0.25, 0.3) is 0 Å². The van der Waals surface area contributed by atoms with Crippen LogP contribution in [0.1, 0.15) is 20.8 Å². The molecule has 0 aliphatic carbocycles. The maximum atomic E-state index is 12.3. The summed E-state index contributed by atoms with van der Waals surface area (Å²) in [5.74, 6) is -0.545. The number of ether oxygens (including phenoxy) is 1. The first-order valence-corrected chi connectivity index (χ1v) is 12.0. The number of hydrogen-bond acceptors (Lipinski definition) is 6. The molecule has 2 aliphatic rings. The molecule has 3 rings (SSSR count). The molecule has 158 valence electrons. The smallest absolute Gasteiger partial charge is 0.408 e. The van der Waals surface area contributed by atoms with E-state index >= 15 is 0 Å². The molecule has 1 aromatic rings. The number of nitrogens with zero attached hydrogens (tertiary/aromatic N) is 2. The number of carbonyl (C=O) groups excluding carboxylic acids is 2. The van der Waals surface area contributed by atoms with Gasteiger partial charge >= 0.3 is 6.09 Å². The van der Waals surface area contributed by atoms with Crippen molar-refractivity contribution < 1.29 is 22.7 Å². The first-order valence-electron chi connectivity index (χ1n) is 8.94. The fraction of sp³-hybridized carbons (Fsp3) is 0.500. The molecule has 2 aliphatic heterocycles. The third kappa shape index (κ3) is 5.64. The molecule has 1 aromatic carbocycles. The van der Waals surface area contributed by atoms with Gasteiger partial charge in [-0.05, 0) is 39.0 Å². The quantitative estimate of drug-likeness (QED) is 0.740. The second kappa shape index (κ2) is 8.16. The normalized spacial score (nSPS) is 24.4. The van der Waals surface area contributed by atoms with Crippen LogP contribution in [-0.4, -0.2) is 60.5 Å². The molecule has 0 spiro atoms. The Morgan fingerprint density at radius 3 is 2.72 bits per heavy atom. The van der Waals surface area contributed by atoms with E-state index in [2.05, 4.69) is 10.3 Å². The molecule has 0 saturated carbocycles. The standard InChI is InChI=1S/C18H22ClN3O5S2/c1-18(2,3)27-17(24)20-8-15(23)21-16-22(12-6-4-5-11(19)7-12)13-9-29(25,26)10-14(13)28-16/h4-7,13-14H,8-10H2,1-3H3,(H,20,24). The summed E-state index contributed by atoms with van der Waals surface area (Å²) in [6, 6.07) is 6.63. The van der Waals surface area contributed by atoms with Crippen LogP contribution in [0, 0.1) is 0 Å². The van der Waals surface area contributed by atoms with Gasteiger partial charge in [0.05, 0.1) is 17.5 Å². The second-order valence-electron chi connectivity index (χ2n) is 7.79. The van der Waals surface area contributed by atoms with Crippen LogP contribution >= 0.6 is 23.4 Å². The van der Waals surface area contributed by atoms with Gasteiger partial charge in [0.2, 0.25) is 0 Å². The topological polar surface area (TPSA) is 105 Å². The van der Waals surface area contributed by atoms with E-state index in [4.69, 9.17) is 16.3 Å². The summed E-state index contributed by atoms with van der Waals surface area (Å²) in [7, 11) is -3.16. The lowest BCUT2D eigenvalue weighted by Gasteiger charge is -2.24. The zero-order valence-electron chi connectivity index (χ0n) is 16.2. The van der Waals surface area contributed by atoms with E-state index in [0.717, 1.165) is 0 Å². The van der Waals surface area contributed by atoms with E-state index in [1.165, 1.54) is 11.8 Å². The monoisotopic (exact) mass is 459 g/mol. The Balaban J connectivity index is 1.78. The molecule has 2 fully saturated rings. The summed E-state index contributed by atoms with van der Waals surface area (Å²) < 4.78 is 29.2. The molecule has 2 unspecified atom stereocenters. The third-order valence-electron chi connectivity index (χ3n) is 4.16. The molecule has 2 atom stereocenters. The number of amides is 2. The van der Waals surface area contributed by atoms with Gasteiger partial charge in [-0.3, -0.25) is 4.79 Å². The van der Waals surface area contributed by atoms with E-state index in [9.17, 15) is 18.0 Å². The minimum atomic E-state index is -3.16. The number of sulfone groups is 1. The van der Waals surface area contributed by atoms with Gasteiger partial charge in [0, 0.05) is 16.0 Å². The third-order valence-corrected chi connectivity index (χ3v) is 7.60. The molecule has 2 amide bonds. The summed E-state index contributed by atoms with van der Waals surface area (Å²) in [5.41, 5.74) is -0.00614. The van der Waals surface area contributed by atoms with Crippen LogP contribution < -0.4 is 10.2 Å². The molecular weight excluding hydrogens is 438 g/mol. The summed E-state index contributed by atoms with van der Waals surface area (Å²) >= 11 is 7.35. The van der Waals surface area contributed by atoms with Crippen molar-refractivity contribution in [2.75, 3.05) is 23.0 Å². The number of nitrogens with one attached hydrogen (secondary N) is 1. The van der Waals surface area contributed by atoms with E-state index < -0.39 is 27.4 Å². The van der Waals surface area contributed by atoms with Gasteiger partial charge in [-0.2, -0.15) is 4.99 Å². The number of halogens is 1. The summed E-state index contributed by atoms with van der Waals surface area (Å²) in [6.45, 7) is 4.84. The van der Waals surface area contributed by atoms with Crippen molar-refractivity contribution in [2.24, 2.45) is 4.99 Å². The van der Waals surface area contributed by atoms with Crippen LogP contribution in [0.5, 0.6) is 0 Å². The maximum absolute atomic E-state index is 12.3. The number of carbonyl (C=O) groups is 2. The van der Waals surface area contributed by atoms with Crippen molar-refractivity contribution in [3.63, 3.8) is 0 Å². The zero-order valence-corrected chi connectivity index (χ0v) is 18.6. The van der Waals surface area contributed by atoms with E-state index in [1.54, 1.807) is 49.9 Å². The van der Waals surface area contributed by atoms with Crippen molar-refractivity contribution in [1.29, 1.82) is 0 Å². The number of alkyl carbamates (subject to hydrolysis) is 1. The highest BCUT2D eigenvalue weighted by Crippen LogP contribution is 2.41. The fourth-order valence-electron chi connectivity index (χ4n) is 3.10. The van der Waals surface area contributed by atoms with Crippen molar-refractivity contribution in [2.45, 2.75) is 37.7 Å². The molecule has 2 heterocycles. The van der Waals surface area contributed by atoms with Crippen LogP contribution in [0.15, 0.2) is 29.3 Å². The van der Waals surface area contributed by atoms with E-state index in [-0.39, 0.29) is 29.3 Å². The SMILES string of the molecule is CC(C)(C)OC(=O)NCC(=O)N=C1SC2CS(=O)(=O)CC2N1c1cccc(Cl)c1. The van der Waals surface area contributed by atoms with Gasteiger partial charge < -0.3 is 15.0 Å². The predicted octanol–water partition coefficient (Wildman–Crippen LogP) is 2.47. The lowest BCUT2D eigenvalue weighted by atomic mass is 10.2. The Labute approximate surface area is 178 Å². The number of benzene rings is 1. The number of thioether (sulfide) groups is 1. The van der Waals surface area contributed by atoms with Crippen LogP contribution in [0.4, 0.5) is 10.5 Å². The van der Waals surface area contributed by atoms with Gasteiger partial charge in [0.15, 0.2) is 15.0 Å². The molecule has 11 heteroatoms.